The van der Waals surface area contributed by atoms with Crippen LogP contribution in [0.15, 0.2) is 48.5 Å². The van der Waals surface area contributed by atoms with Crippen molar-refractivity contribution in [2.75, 3.05) is 5.73 Å². The van der Waals surface area contributed by atoms with Gasteiger partial charge >= 0.3 is 0 Å². The molecule has 3 rings (SSSR count). The first kappa shape index (κ1) is 13.0. The molecule has 0 bridgehead atoms. The first-order valence-electron chi connectivity index (χ1n) is 7.10. The Bertz CT molecular complexity index is 564. The molecule has 0 unspecified atom stereocenters. The summed E-state index contributed by atoms with van der Waals surface area (Å²) >= 11 is 0. The maximum atomic E-state index is 5.94. The summed E-state index contributed by atoms with van der Waals surface area (Å²) in [5.74, 6) is 0.913. The highest BCUT2D eigenvalue weighted by molar-refractivity contribution is 5.48. The van der Waals surface area contributed by atoms with Crippen molar-refractivity contribution in [3.63, 3.8) is 0 Å². The number of rotatable bonds is 6. The Hall–Kier alpha value is -2.00. The Balaban J connectivity index is 1.67. The summed E-state index contributed by atoms with van der Waals surface area (Å²) in [6.45, 7) is 1.40. The van der Waals surface area contributed by atoms with Gasteiger partial charge in [0.05, 0.1) is 0 Å². The second-order valence-corrected chi connectivity index (χ2v) is 5.30. The highest BCUT2D eigenvalue weighted by Gasteiger charge is 2.20. The molecule has 0 atom stereocenters. The van der Waals surface area contributed by atoms with Crippen LogP contribution in [-0.2, 0) is 13.2 Å². The van der Waals surface area contributed by atoms with E-state index in [-0.39, 0.29) is 0 Å². The first-order valence-corrected chi connectivity index (χ1v) is 7.10. The number of nitrogen functional groups attached to an aromatic ring is 1. The van der Waals surface area contributed by atoms with Crippen LogP contribution in [0.5, 0.6) is 5.75 Å². The van der Waals surface area contributed by atoms with Crippen LogP contribution in [0.1, 0.15) is 24.0 Å². The van der Waals surface area contributed by atoms with E-state index in [1.54, 1.807) is 0 Å². The monoisotopic (exact) mass is 268 g/mol. The summed E-state index contributed by atoms with van der Waals surface area (Å²) in [4.78, 5) is 0. The lowest BCUT2D eigenvalue weighted by Crippen LogP contribution is -2.16. The van der Waals surface area contributed by atoms with Crippen LogP contribution in [0.3, 0.4) is 0 Å². The third-order valence-corrected chi connectivity index (χ3v) is 3.48. The first-order chi connectivity index (χ1) is 9.81. The predicted molar refractivity (Wildman–Crippen MR) is 81.5 cm³/mol. The van der Waals surface area contributed by atoms with E-state index < -0.39 is 0 Å². The van der Waals surface area contributed by atoms with Crippen molar-refractivity contribution in [3.05, 3.63) is 59.7 Å². The Morgan fingerprint density at radius 3 is 2.65 bits per heavy atom. The van der Waals surface area contributed by atoms with Crippen molar-refractivity contribution in [1.82, 2.24) is 5.32 Å². The SMILES string of the molecule is Nc1ccc(OCc2ccccc2)c(CNC2CC2)c1. The predicted octanol–water partition coefficient (Wildman–Crippen LogP) is 3.10. The minimum atomic E-state index is 0.585. The third-order valence-electron chi connectivity index (χ3n) is 3.48. The fraction of sp³-hybridized carbons (Fsp3) is 0.294. The van der Waals surface area contributed by atoms with Gasteiger partial charge in [-0.25, -0.2) is 0 Å². The third kappa shape index (κ3) is 3.52. The summed E-state index contributed by atoms with van der Waals surface area (Å²) in [6.07, 6.45) is 2.56. The van der Waals surface area contributed by atoms with Crippen molar-refractivity contribution in [2.24, 2.45) is 0 Å². The Morgan fingerprint density at radius 2 is 1.90 bits per heavy atom. The van der Waals surface area contributed by atoms with Gasteiger partial charge in [0.15, 0.2) is 0 Å². The van der Waals surface area contributed by atoms with E-state index in [2.05, 4.69) is 17.4 Å². The number of nitrogens with one attached hydrogen (secondary N) is 1. The largest absolute Gasteiger partial charge is 0.489 e. The molecule has 0 heterocycles. The normalized spacial score (nSPS) is 14.2. The van der Waals surface area contributed by atoms with Gasteiger partial charge in [-0.2, -0.15) is 0 Å². The van der Waals surface area contributed by atoms with Crippen molar-refractivity contribution >= 4 is 5.69 Å². The topological polar surface area (TPSA) is 47.3 Å². The zero-order valence-corrected chi connectivity index (χ0v) is 11.5. The van der Waals surface area contributed by atoms with E-state index in [0.29, 0.717) is 12.6 Å². The highest BCUT2D eigenvalue weighted by Crippen LogP contribution is 2.25. The number of benzene rings is 2. The van der Waals surface area contributed by atoms with Gasteiger partial charge in [0.2, 0.25) is 0 Å². The standard InChI is InChI=1S/C17H20N2O/c18-15-6-9-17(14(10-15)11-19-16-7-8-16)20-12-13-4-2-1-3-5-13/h1-6,9-10,16,19H,7-8,11-12,18H2. The van der Waals surface area contributed by atoms with Crippen molar-refractivity contribution in [1.29, 1.82) is 0 Å². The Labute approximate surface area is 119 Å². The lowest BCUT2D eigenvalue weighted by Gasteiger charge is -2.13. The minimum absolute atomic E-state index is 0.585. The molecule has 1 aliphatic rings. The van der Waals surface area contributed by atoms with Gasteiger partial charge < -0.3 is 15.8 Å². The molecular formula is C17H20N2O. The smallest absolute Gasteiger partial charge is 0.124 e. The molecule has 0 saturated heterocycles. The molecule has 0 radical (unpaired) electrons. The van der Waals surface area contributed by atoms with E-state index in [0.717, 1.165) is 23.5 Å². The fourth-order valence-electron chi connectivity index (χ4n) is 2.16. The molecule has 3 N–H and O–H groups in total. The second-order valence-electron chi connectivity index (χ2n) is 5.30. The summed E-state index contributed by atoms with van der Waals surface area (Å²) in [5, 5.41) is 3.50. The van der Waals surface area contributed by atoms with Crippen LogP contribution < -0.4 is 15.8 Å². The van der Waals surface area contributed by atoms with Gasteiger partial charge in [-0.3, -0.25) is 0 Å². The molecule has 0 aliphatic heterocycles. The number of hydrogen-bond donors (Lipinski definition) is 2. The molecule has 1 saturated carbocycles. The number of anilines is 1. The van der Waals surface area contributed by atoms with E-state index in [9.17, 15) is 0 Å². The van der Waals surface area contributed by atoms with E-state index in [4.69, 9.17) is 10.5 Å². The van der Waals surface area contributed by atoms with Crippen molar-refractivity contribution in [2.45, 2.75) is 32.0 Å². The molecule has 1 aliphatic carbocycles. The van der Waals surface area contributed by atoms with Crippen molar-refractivity contribution < 1.29 is 4.74 Å². The zero-order valence-electron chi connectivity index (χ0n) is 11.5. The van der Waals surface area contributed by atoms with Crippen LogP contribution in [0.2, 0.25) is 0 Å². The number of ether oxygens (including phenoxy) is 1. The molecule has 3 heteroatoms. The molecule has 2 aromatic carbocycles. The molecule has 3 nitrogen and oxygen atoms in total. The summed E-state index contributed by atoms with van der Waals surface area (Å²) in [5.41, 5.74) is 8.96. The van der Waals surface area contributed by atoms with E-state index in [1.807, 2.05) is 36.4 Å². The van der Waals surface area contributed by atoms with E-state index >= 15 is 0 Å². The van der Waals surface area contributed by atoms with Crippen LogP contribution in [0.25, 0.3) is 0 Å². The Morgan fingerprint density at radius 1 is 1.10 bits per heavy atom. The average Bonchev–Trinajstić information content (AvgIpc) is 3.29. The van der Waals surface area contributed by atoms with Crippen LogP contribution >= 0.6 is 0 Å². The maximum absolute atomic E-state index is 5.94. The van der Waals surface area contributed by atoms with Crippen molar-refractivity contribution in [3.8, 4) is 5.75 Å². The van der Waals surface area contributed by atoms with Gasteiger partial charge in [-0.1, -0.05) is 30.3 Å². The van der Waals surface area contributed by atoms with Gasteiger partial charge in [0.1, 0.15) is 12.4 Å². The Kier molecular flexibility index (Phi) is 3.88. The minimum Gasteiger partial charge on any atom is -0.489 e. The molecule has 104 valence electrons. The highest BCUT2D eigenvalue weighted by atomic mass is 16.5. The molecule has 0 spiro atoms. The lowest BCUT2D eigenvalue weighted by molar-refractivity contribution is 0.302. The summed E-state index contributed by atoms with van der Waals surface area (Å²) in [6, 6.07) is 16.7. The zero-order chi connectivity index (χ0) is 13.8. The molecular weight excluding hydrogens is 248 g/mol. The lowest BCUT2D eigenvalue weighted by atomic mass is 10.1. The molecule has 1 fully saturated rings. The van der Waals surface area contributed by atoms with Gasteiger partial charge in [0.25, 0.3) is 0 Å². The summed E-state index contributed by atoms with van der Waals surface area (Å²) < 4.78 is 5.94. The van der Waals surface area contributed by atoms with E-state index in [1.165, 1.54) is 18.4 Å². The molecule has 2 aromatic rings. The van der Waals surface area contributed by atoms with Gasteiger partial charge in [-0.05, 0) is 36.6 Å². The molecule has 0 amide bonds. The van der Waals surface area contributed by atoms with Gasteiger partial charge in [0, 0.05) is 23.8 Å². The maximum Gasteiger partial charge on any atom is 0.124 e. The quantitative estimate of drug-likeness (QED) is 0.791. The second kappa shape index (κ2) is 5.97. The van der Waals surface area contributed by atoms with Gasteiger partial charge in [-0.15, -0.1) is 0 Å². The number of hydrogen-bond acceptors (Lipinski definition) is 3. The van der Waals surface area contributed by atoms with Crippen LogP contribution in [0, 0.1) is 0 Å². The van der Waals surface area contributed by atoms with Crippen LogP contribution in [-0.4, -0.2) is 6.04 Å². The fourth-order valence-corrected chi connectivity index (χ4v) is 2.16. The average molecular weight is 268 g/mol. The molecule has 0 aromatic heterocycles. The number of nitrogens with two attached hydrogens (primary N) is 1. The van der Waals surface area contributed by atoms with Crippen LogP contribution in [0.4, 0.5) is 5.69 Å². The summed E-state index contributed by atoms with van der Waals surface area (Å²) in [7, 11) is 0. The molecule has 20 heavy (non-hydrogen) atoms.